The van der Waals surface area contributed by atoms with Crippen LogP contribution < -0.4 is 9.64 Å². The molecule has 0 aromatic carbocycles. The minimum atomic E-state index is 0.107. The first-order valence-corrected chi connectivity index (χ1v) is 6.46. The Balaban J connectivity index is 2.35. The van der Waals surface area contributed by atoms with E-state index in [9.17, 15) is 4.79 Å². The standard InChI is InChI=1S/C10H10Br2N2O2/c1-16-9-3-8(7(12)4-13-9)14-5-6(11)2-10(14)15/h3-4,6H,2,5H2,1H3. The van der Waals surface area contributed by atoms with E-state index in [4.69, 9.17) is 4.74 Å². The molecule has 6 heteroatoms. The van der Waals surface area contributed by atoms with Crippen molar-refractivity contribution >= 4 is 43.5 Å². The first-order chi connectivity index (χ1) is 7.61. The van der Waals surface area contributed by atoms with Gasteiger partial charge in [0.05, 0.1) is 17.3 Å². The van der Waals surface area contributed by atoms with Gasteiger partial charge in [-0.15, -0.1) is 0 Å². The number of anilines is 1. The van der Waals surface area contributed by atoms with E-state index in [-0.39, 0.29) is 10.7 Å². The SMILES string of the molecule is COc1cc(N2CC(Br)CC2=O)c(Br)cn1. The summed E-state index contributed by atoms with van der Waals surface area (Å²) in [5, 5.41) is 0. The molecule has 1 unspecified atom stereocenters. The molecule has 0 N–H and O–H groups in total. The van der Waals surface area contributed by atoms with Gasteiger partial charge in [-0.1, -0.05) is 15.9 Å². The first kappa shape index (κ1) is 11.9. The number of aromatic nitrogens is 1. The first-order valence-electron chi connectivity index (χ1n) is 4.76. The topological polar surface area (TPSA) is 42.4 Å². The van der Waals surface area contributed by atoms with Gasteiger partial charge in [0.2, 0.25) is 11.8 Å². The third-order valence-corrected chi connectivity index (χ3v) is 3.61. The average molecular weight is 350 g/mol. The number of hydrogen-bond donors (Lipinski definition) is 0. The molecule has 1 aliphatic heterocycles. The summed E-state index contributed by atoms with van der Waals surface area (Å²) >= 11 is 6.84. The highest BCUT2D eigenvalue weighted by Crippen LogP contribution is 2.32. The van der Waals surface area contributed by atoms with Gasteiger partial charge in [-0.3, -0.25) is 4.79 Å². The van der Waals surface area contributed by atoms with Crippen molar-refractivity contribution in [3.8, 4) is 5.88 Å². The third-order valence-electron chi connectivity index (χ3n) is 2.39. The number of nitrogens with zero attached hydrogens (tertiary/aromatic N) is 2. The number of rotatable bonds is 2. The van der Waals surface area contributed by atoms with E-state index >= 15 is 0 Å². The molecule has 0 spiro atoms. The van der Waals surface area contributed by atoms with Crippen molar-refractivity contribution in [3.63, 3.8) is 0 Å². The zero-order valence-corrected chi connectivity index (χ0v) is 11.8. The lowest BCUT2D eigenvalue weighted by atomic mass is 10.3. The second kappa shape index (κ2) is 4.71. The van der Waals surface area contributed by atoms with E-state index in [1.54, 1.807) is 24.3 Å². The van der Waals surface area contributed by atoms with E-state index in [0.717, 1.165) is 10.2 Å². The second-order valence-corrected chi connectivity index (χ2v) is 5.63. The van der Waals surface area contributed by atoms with Crippen LogP contribution in [0.4, 0.5) is 5.69 Å². The van der Waals surface area contributed by atoms with Crippen molar-refractivity contribution in [3.05, 3.63) is 16.7 Å². The number of carbonyl (C=O) groups is 1. The Bertz CT molecular complexity index is 425. The van der Waals surface area contributed by atoms with Gasteiger partial charge in [0.25, 0.3) is 0 Å². The maximum Gasteiger partial charge on any atom is 0.228 e. The van der Waals surface area contributed by atoms with Gasteiger partial charge >= 0.3 is 0 Å². The molecule has 1 aliphatic rings. The minimum Gasteiger partial charge on any atom is -0.481 e. The van der Waals surface area contributed by atoms with Gasteiger partial charge in [-0.2, -0.15) is 0 Å². The Morgan fingerprint density at radius 2 is 2.38 bits per heavy atom. The summed E-state index contributed by atoms with van der Waals surface area (Å²) in [7, 11) is 1.55. The van der Waals surface area contributed by atoms with Gasteiger partial charge < -0.3 is 9.64 Å². The number of methoxy groups -OCH3 is 1. The van der Waals surface area contributed by atoms with Crippen LogP contribution in [0, 0.1) is 0 Å². The molecule has 1 atom stereocenters. The molecule has 1 fully saturated rings. The molecule has 4 nitrogen and oxygen atoms in total. The monoisotopic (exact) mass is 348 g/mol. The van der Waals surface area contributed by atoms with Crippen LogP contribution in [0.2, 0.25) is 0 Å². The molecule has 1 aromatic rings. The van der Waals surface area contributed by atoms with Crippen molar-refractivity contribution in [2.45, 2.75) is 11.2 Å². The Labute approximate surface area is 110 Å². The Morgan fingerprint density at radius 3 is 2.94 bits per heavy atom. The lowest BCUT2D eigenvalue weighted by Crippen LogP contribution is -2.25. The molecule has 86 valence electrons. The molecule has 0 radical (unpaired) electrons. The maximum atomic E-state index is 11.8. The van der Waals surface area contributed by atoms with Crippen LogP contribution in [0.25, 0.3) is 0 Å². The maximum absolute atomic E-state index is 11.8. The minimum absolute atomic E-state index is 0.107. The van der Waals surface area contributed by atoms with E-state index in [0.29, 0.717) is 18.8 Å². The highest BCUT2D eigenvalue weighted by atomic mass is 79.9. The van der Waals surface area contributed by atoms with Crippen LogP contribution in [0.15, 0.2) is 16.7 Å². The summed E-state index contributed by atoms with van der Waals surface area (Å²) in [6.07, 6.45) is 2.17. The number of amides is 1. The van der Waals surface area contributed by atoms with Crippen molar-refractivity contribution < 1.29 is 9.53 Å². The van der Waals surface area contributed by atoms with Gasteiger partial charge in [0.15, 0.2) is 0 Å². The van der Waals surface area contributed by atoms with Crippen LogP contribution in [0.5, 0.6) is 5.88 Å². The second-order valence-electron chi connectivity index (χ2n) is 3.48. The predicted molar refractivity (Wildman–Crippen MR) is 68.2 cm³/mol. The van der Waals surface area contributed by atoms with Crippen LogP contribution >= 0.6 is 31.9 Å². The molecule has 2 rings (SSSR count). The molecule has 2 heterocycles. The zero-order chi connectivity index (χ0) is 11.7. The number of carbonyl (C=O) groups excluding carboxylic acids is 1. The Hall–Kier alpha value is -0.620. The molecule has 0 aliphatic carbocycles. The van der Waals surface area contributed by atoms with Crippen molar-refractivity contribution in [2.24, 2.45) is 0 Å². The van der Waals surface area contributed by atoms with Gasteiger partial charge in [0, 0.05) is 30.1 Å². The third kappa shape index (κ3) is 2.22. The van der Waals surface area contributed by atoms with Crippen LogP contribution in [0.1, 0.15) is 6.42 Å². The number of pyridine rings is 1. The summed E-state index contributed by atoms with van der Waals surface area (Å²) in [5.74, 6) is 0.611. The summed E-state index contributed by atoms with van der Waals surface area (Å²) in [6.45, 7) is 0.671. The van der Waals surface area contributed by atoms with Crippen LogP contribution in [0.3, 0.4) is 0 Å². The normalized spacial score (nSPS) is 20.3. The zero-order valence-electron chi connectivity index (χ0n) is 8.61. The molecule has 1 amide bonds. The Kier molecular flexibility index (Phi) is 3.49. The predicted octanol–water partition coefficient (Wildman–Crippen LogP) is 2.35. The smallest absolute Gasteiger partial charge is 0.228 e. The van der Waals surface area contributed by atoms with Crippen molar-refractivity contribution in [1.29, 1.82) is 0 Å². The fourth-order valence-corrected chi connectivity index (χ4v) is 2.62. The van der Waals surface area contributed by atoms with E-state index in [2.05, 4.69) is 36.8 Å². The molecule has 1 aromatic heterocycles. The van der Waals surface area contributed by atoms with Crippen molar-refractivity contribution in [2.75, 3.05) is 18.6 Å². The fraction of sp³-hybridized carbons (Fsp3) is 0.400. The highest BCUT2D eigenvalue weighted by Gasteiger charge is 2.30. The van der Waals surface area contributed by atoms with Crippen LogP contribution in [-0.4, -0.2) is 29.4 Å². The lowest BCUT2D eigenvalue weighted by Gasteiger charge is -2.17. The van der Waals surface area contributed by atoms with E-state index in [1.165, 1.54) is 0 Å². The molecule has 0 saturated carbocycles. The summed E-state index contributed by atoms with van der Waals surface area (Å²) in [4.78, 5) is 17.7. The van der Waals surface area contributed by atoms with E-state index in [1.807, 2.05) is 0 Å². The quantitative estimate of drug-likeness (QED) is 0.770. The summed E-state index contributed by atoms with van der Waals surface area (Å²) in [5.41, 5.74) is 0.804. The molecule has 1 saturated heterocycles. The van der Waals surface area contributed by atoms with Gasteiger partial charge in [0.1, 0.15) is 0 Å². The van der Waals surface area contributed by atoms with Crippen molar-refractivity contribution in [1.82, 2.24) is 4.98 Å². The number of hydrogen-bond acceptors (Lipinski definition) is 3. The van der Waals surface area contributed by atoms with Crippen LogP contribution in [-0.2, 0) is 4.79 Å². The Morgan fingerprint density at radius 1 is 1.62 bits per heavy atom. The summed E-state index contributed by atoms with van der Waals surface area (Å²) in [6, 6.07) is 1.76. The lowest BCUT2D eigenvalue weighted by molar-refractivity contribution is -0.117. The number of halogens is 2. The number of ether oxygens (including phenoxy) is 1. The largest absolute Gasteiger partial charge is 0.481 e. The summed E-state index contributed by atoms with van der Waals surface area (Å²) < 4.78 is 5.84. The highest BCUT2D eigenvalue weighted by molar-refractivity contribution is 9.10. The average Bonchev–Trinajstić information content (AvgIpc) is 2.58. The molecular weight excluding hydrogens is 340 g/mol. The molecule has 16 heavy (non-hydrogen) atoms. The fourth-order valence-electron chi connectivity index (χ4n) is 1.62. The van der Waals surface area contributed by atoms with E-state index < -0.39 is 0 Å². The number of alkyl halides is 1. The van der Waals surface area contributed by atoms with Gasteiger partial charge in [-0.25, -0.2) is 4.98 Å². The molecular formula is C10H10Br2N2O2. The molecule has 0 bridgehead atoms. The van der Waals surface area contributed by atoms with Gasteiger partial charge in [-0.05, 0) is 15.9 Å².